The molecule has 1 aromatic carbocycles. The number of fused-ring (bicyclic) bond motifs is 2. The van der Waals surface area contributed by atoms with Crippen LogP contribution in [0.1, 0.15) is 38.1 Å². The van der Waals surface area contributed by atoms with E-state index in [-0.39, 0.29) is 43.0 Å². The summed E-state index contributed by atoms with van der Waals surface area (Å²) >= 11 is 0. The second kappa shape index (κ2) is 9.52. The first-order valence-electron chi connectivity index (χ1n) is 12.7. The van der Waals surface area contributed by atoms with Gasteiger partial charge in [0.15, 0.2) is 11.2 Å². The van der Waals surface area contributed by atoms with Crippen LogP contribution in [0.4, 0.5) is 0 Å². The van der Waals surface area contributed by atoms with Crippen molar-refractivity contribution in [3.63, 3.8) is 0 Å². The fraction of sp³-hybridized carbons (Fsp3) is 0.500. The third kappa shape index (κ3) is 4.33. The number of aliphatic hydroxyl groups is 2. The zero-order valence-corrected chi connectivity index (χ0v) is 22.0. The number of rotatable bonds is 5. The van der Waals surface area contributed by atoms with Gasteiger partial charge in [-0.05, 0) is 38.8 Å². The smallest absolute Gasteiger partial charge is 0.332 e. The van der Waals surface area contributed by atoms with E-state index >= 15 is 0 Å². The number of hydrogen-bond donors (Lipinski definition) is 2. The lowest BCUT2D eigenvalue weighted by atomic mass is 9.92. The zero-order chi connectivity index (χ0) is 27.4. The SMILES string of the molecule is Cc1nc2ccccc2n1CCCC(=O)N1C[C@H](O)C[C@@H](n2cnc3c2c(=O)n(C)c(=O)n3C)[C@](C)(O)C1. The number of β-amino-alcohol motifs (C(OH)–C–C–N with tert-alkyl or cyclic N) is 2. The molecule has 12 nitrogen and oxygen atoms in total. The van der Waals surface area contributed by atoms with Gasteiger partial charge in [0.05, 0.1) is 36.1 Å². The van der Waals surface area contributed by atoms with Crippen molar-refractivity contribution in [3.05, 3.63) is 57.3 Å². The van der Waals surface area contributed by atoms with E-state index in [9.17, 15) is 24.6 Å². The Morgan fingerprint density at radius 1 is 1.18 bits per heavy atom. The van der Waals surface area contributed by atoms with Gasteiger partial charge in [-0.15, -0.1) is 0 Å². The summed E-state index contributed by atoms with van der Waals surface area (Å²) in [4.78, 5) is 48.8. The van der Waals surface area contributed by atoms with E-state index in [0.717, 1.165) is 21.4 Å². The molecule has 3 aromatic heterocycles. The van der Waals surface area contributed by atoms with E-state index in [1.807, 2.05) is 31.2 Å². The van der Waals surface area contributed by atoms with Crippen LogP contribution < -0.4 is 11.2 Å². The van der Waals surface area contributed by atoms with Gasteiger partial charge < -0.3 is 24.2 Å². The summed E-state index contributed by atoms with van der Waals surface area (Å²) in [5.41, 5.74) is -0.225. The Morgan fingerprint density at radius 2 is 1.92 bits per heavy atom. The number of benzene rings is 1. The third-order valence-corrected chi connectivity index (χ3v) is 7.63. The van der Waals surface area contributed by atoms with E-state index in [0.29, 0.717) is 13.0 Å². The fourth-order valence-electron chi connectivity index (χ4n) is 5.63. The lowest BCUT2D eigenvalue weighted by Gasteiger charge is -2.34. The Morgan fingerprint density at radius 3 is 2.68 bits per heavy atom. The van der Waals surface area contributed by atoms with Crippen molar-refractivity contribution in [2.75, 3.05) is 13.1 Å². The third-order valence-electron chi connectivity index (χ3n) is 7.63. The van der Waals surface area contributed by atoms with Crippen molar-refractivity contribution >= 4 is 28.1 Å². The van der Waals surface area contributed by atoms with Crippen LogP contribution in [0.15, 0.2) is 40.2 Å². The van der Waals surface area contributed by atoms with Crippen molar-refractivity contribution in [1.29, 1.82) is 0 Å². The highest BCUT2D eigenvalue weighted by Gasteiger charge is 2.42. The zero-order valence-electron chi connectivity index (χ0n) is 22.0. The van der Waals surface area contributed by atoms with E-state index in [2.05, 4.69) is 14.5 Å². The molecule has 4 aromatic rings. The average Bonchev–Trinajstić information content (AvgIpc) is 3.41. The van der Waals surface area contributed by atoms with Gasteiger partial charge in [0.2, 0.25) is 5.91 Å². The largest absolute Gasteiger partial charge is 0.391 e. The minimum absolute atomic E-state index is 0.0215. The number of aliphatic hydroxyl groups excluding tert-OH is 1. The number of imidazole rings is 2. The average molecular weight is 524 g/mol. The highest BCUT2D eigenvalue weighted by atomic mass is 16.3. The van der Waals surface area contributed by atoms with Gasteiger partial charge in [0.25, 0.3) is 5.56 Å². The number of aromatic nitrogens is 6. The first-order chi connectivity index (χ1) is 18.0. The maximum absolute atomic E-state index is 13.2. The molecule has 1 aliphatic rings. The molecule has 0 unspecified atom stereocenters. The molecule has 1 aliphatic heterocycles. The number of para-hydroxylation sites is 2. The molecule has 1 fully saturated rings. The Kier molecular flexibility index (Phi) is 6.48. The molecule has 2 N–H and O–H groups in total. The second-order valence-corrected chi connectivity index (χ2v) is 10.5. The normalized spacial score (nSPS) is 22.3. The molecule has 12 heteroatoms. The van der Waals surface area contributed by atoms with Crippen LogP contribution in [0, 0.1) is 6.92 Å². The molecular formula is C26H33N7O5. The molecule has 202 valence electrons. The van der Waals surface area contributed by atoms with Crippen LogP contribution in [-0.4, -0.2) is 74.1 Å². The maximum Gasteiger partial charge on any atom is 0.332 e. The van der Waals surface area contributed by atoms with E-state index in [1.54, 1.807) is 6.92 Å². The van der Waals surface area contributed by atoms with Crippen LogP contribution in [-0.2, 0) is 25.4 Å². The molecule has 3 atom stereocenters. The molecule has 4 heterocycles. The van der Waals surface area contributed by atoms with Crippen molar-refractivity contribution in [2.24, 2.45) is 14.1 Å². The number of aryl methyl sites for hydroxylation is 3. The Labute approximate surface area is 218 Å². The van der Waals surface area contributed by atoms with Crippen LogP contribution in [0.2, 0.25) is 0 Å². The number of likely N-dealkylation sites (tertiary alicyclic amines) is 1. The maximum atomic E-state index is 13.2. The summed E-state index contributed by atoms with van der Waals surface area (Å²) in [7, 11) is 2.91. The van der Waals surface area contributed by atoms with Crippen molar-refractivity contribution < 1.29 is 15.0 Å². The van der Waals surface area contributed by atoms with Crippen LogP contribution in [0.5, 0.6) is 0 Å². The predicted octanol–water partition coefficient (Wildman–Crippen LogP) is 0.458. The molecule has 0 bridgehead atoms. The highest BCUT2D eigenvalue weighted by molar-refractivity contribution is 5.77. The lowest BCUT2D eigenvalue weighted by Crippen LogP contribution is -2.47. The van der Waals surface area contributed by atoms with E-state index < -0.39 is 29.0 Å². The number of carbonyl (C=O) groups excluding carboxylic acids is 1. The molecule has 0 saturated carbocycles. The summed E-state index contributed by atoms with van der Waals surface area (Å²) < 4.78 is 5.88. The molecule has 5 rings (SSSR count). The minimum atomic E-state index is -1.47. The topological polar surface area (TPSA) is 140 Å². The summed E-state index contributed by atoms with van der Waals surface area (Å²) in [5, 5.41) is 22.4. The minimum Gasteiger partial charge on any atom is -0.391 e. The molecular weight excluding hydrogens is 490 g/mol. The number of hydrogen-bond acceptors (Lipinski definition) is 7. The molecule has 0 aliphatic carbocycles. The van der Waals surface area contributed by atoms with Gasteiger partial charge in [-0.3, -0.25) is 18.7 Å². The monoisotopic (exact) mass is 523 g/mol. The van der Waals surface area contributed by atoms with Crippen molar-refractivity contribution in [1.82, 2.24) is 33.1 Å². The van der Waals surface area contributed by atoms with Crippen molar-refractivity contribution in [3.8, 4) is 0 Å². The van der Waals surface area contributed by atoms with Crippen LogP contribution in [0.3, 0.4) is 0 Å². The van der Waals surface area contributed by atoms with Gasteiger partial charge >= 0.3 is 5.69 Å². The Balaban J connectivity index is 1.35. The second-order valence-electron chi connectivity index (χ2n) is 10.5. The summed E-state index contributed by atoms with van der Waals surface area (Å²) in [6, 6.07) is 7.12. The van der Waals surface area contributed by atoms with Gasteiger partial charge in [-0.1, -0.05) is 12.1 Å². The fourth-order valence-corrected chi connectivity index (χ4v) is 5.63. The van der Waals surface area contributed by atoms with Gasteiger partial charge in [-0.2, -0.15) is 0 Å². The van der Waals surface area contributed by atoms with Crippen LogP contribution in [0.25, 0.3) is 22.2 Å². The Bertz CT molecular complexity index is 1640. The van der Waals surface area contributed by atoms with Crippen molar-refractivity contribution in [2.45, 2.75) is 57.4 Å². The lowest BCUT2D eigenvalue weighted by molar-refractivity contribution is -0.135. The molecule has 38 heavy (non-hydrogen) atoms. The molecule has 1 amide bonds. The van der Waals surface area contributed by atoms with Gasteiger partial charge in [-0.25, -0.2) is 14.8 Å². The van der Waals surface area contributed by atoms with Crippen LogP contribution >= 0.6 is 0 Å². The Hall–Kier alpha value is -3.77. The summed E-state index contributed by atoms with van der Waals surface area (Å²) in [6.07, 6.45) is 1.41. The van der Waals surface area contributed by atoms with Gasteiger partial charge in [0.1, 0.15) is 11.4 Å². The molecule has 1 saturated heterocycles. The summed E-state index contributed by atoms with van der Waals surface area (Å²) in [6.45, 7) is 4.20. The number of carbonyl (C=O) groups is 1. The van der Waals surface area contributed by atoms with E-state index in [1.165, 1.54) is 34.5 Å². The predicted molar refractivity (Wildman–Crippen MR) is 141 cm³/mol. The first kappa shape index (κ1) is 25.9. The quantitative estimate of drug-likeness (QED) is 0.387. The summed E-state index contributed by atoms with van der Waals surface area (Å²) in [5.74, 6) is 0.715. The van der Waals surface area contributed by atoms with Gasteiger partial charge in [0, 0.05) is 33.6 Å². The molecule has 0 spiro atoms. The number of nitrogens with zero attached hydrogens (tertiary/aromatic N) is 7. The standard InChI is InChI=1S/C26H33N7O5/c1-16-28-18-8-5-6-9-19(18)32(16)11-7-10-21(35)31-13-17(34)12-20(26(2,38)14-31)33-15-27-23-22(33)24(36)30(4)25(37)29(23)3/h5-6,8-9,15,17,20,34,38H,7,10-14H2,1-4H3/t17-,20-,26-/m1/s1. The molecule has 0 radical (unpaired) electrons. The van der Waals surface area contributed by atoms with E-state index in [4.69, 9.17) is 0 Å². The number of amides is 1. The first-order valence-corrected chi connectivity index (χ1v) is 12.7. The highest BCUT2D eigenvalue weighted by Crippen LogP contribution is 2.33.